The van der Waals surface area contributed by atoms with Gasteiger partial charge in [-0.05, 0) is 91.8 Å². The highest BCUT2D eigenvalue weighted by atomic mass is 32.1. The number of methoxy groups -OCH3 is 2. The van der Waals surface area contributed by atoms with Crippen LogP contribution in [-0.2, 0) is 6.54 Å². The molecule has 4 aromatic rings. The van der Waals surface area contributed by atoms with Crippen molar-refractivity contribution in [3.05, 3.63) is 58.6 Å². The van der Waals surface area contributed by atoms with Crippen LogP contribution in [-0.4, -0.2) is 46.8 Å². The Labute approximate surface area is 192 Å². The average Bonchev–Trinajstić information content (AvgIpc) is 3.46. The van der Waals surface area contributed by atoms with Crippen LogP contribution in [0.4, 0.5) is 0 Å². The van der Waals surface area contributed by atoms with Gasteiger partial charge in [-0.3, -0.25) is 4.90 Å². The van der Waals surface area contributed by atoms with E-state index >= 15 is 0 Å². The van der Waals surface area contributed by atoms with Crippen LogP contribution in [0.15, 0.2) is 41.8 Å². The van der Waals surface area contributed by atoms with Gasteiger partial charge in [0.2, 0.25) is 0 Å². The van der Waals surface area contributed by atoms with E-state index in [2.05, 4.69) is 50.7 Å². The highest BCUT2D eigenvalue weighted by Gasteiger charge is 2.22. The van der Waals surface area contributed by atoms with Gasteiger partial charge in [0.15, 0.2) is 11.5 Å². The summed E-state index contributed by atoms with van der Waals surface area (Å²) >= 11 is 1.43. The molecule has 7 heteroatoms. The molecule has 1 fully saturated rings. The summed E-state index contributed by atoms with van der Waals surface area (Å²) in [6.07, 6.45) is 2.35. The third-order valence-electron chi connectivity index (χ3n) is 6.60. The van der Waals surface area contributed by atoms with E-state index in [0.717, 1.165) is 48.1 Å². The van der Waals surface area contributed by atoms with Crippen molar-refractivity contribution >= 4 is 22.4 Å². The van der Waals surface area contributed by atoms with Crippen LogP contribution in [0.5, 0.6) is 11.5 Å². The Hall–Kier alpha value is -2.90. The number of rotatable bonds is 6. The molecule has 0 spiro atoms. The zero-order valence-corrected chi connectivity index (χ0v) is 19.5. The summed E-state index contributed by atoms with van der Waals surface area (Å²) in [6.45, 7) is 5.31. The summed E-state index contributed by atoms with van der Waals surface area (Å²) in [7, 11) is 3.33. The number of aryl methyl sites for hydroxylation is 1. The van der Waals surface area contributed by atoms with E-state index in [1.807, 2.05) is 17.5 Å². The van der Waals surface area contributed by atoms with Crippen LogP contribution in [0.2, 0.25) is 0 Å². The Balaban J connectivity index is 1.36. The lowest BCUT2D eigenvalue weighted by atomic mass is 9.88. The van der Waals surface area contributed by atoms with Crippen molar-refractivity contribution in [2.24, 2.45) is 0 Å². The number of piperidine rings is 1. The van der Waals surface area contributed by atoms with Crippen LogP contribution in [0.25, 0.3) is 22.2 Å². The van der Waals surface area contributed by atoms with E-state index in [1.54, 1.807) is 14.2 Å². The molecule has 2 aromatic heterocycles. The molecule has 1 aliphatic rings. The summed E-state index contributed by atoms with van der Waals surface area (Å²) in [5, 5.41) is 7.53. The summed E-state index contributed by atoms with van der Waals surface area (Å²) in [5.41, 5.74) is 7.19. The first-order valence-corrected chi connectivity index (χ1v) is 11.8. The Morgan fingerprint density at radius 3 is 2.59 bits per heavy atom. The average molecular weight is 449 g/mol. The van der Waals surface area contributed by atoms with Crippen molar-refractivity contribution in [1.29, 1.82) is 0 Å². The van der Waals surface area contributed by atoms with E-state index in [-0.39, 0.29) is 0 Å². The minimum Gasteiger partial charge on any atom is -0.493 e. The number of fused-ring (bicyclic) bond motifs is 1. The monoisotopic (exact) mass is 448 g/mol. The topological polar surface area (TPSA) is 63.3 Å². The normalized spacial score (nSPS) is 15.3. The minimum atomic E-state index is 0.600. The van der Waals surface area contributed by atoms with Gasteiger partial charge in [-0.15, -0.1) is 5.10 Å². The molecule has 2 aromatic carbocycles. The summed E-state index contributed by atoms with van der Waals surface area (Å²) in [4.78, 5) is 6.10. The number of hydrogen-bond acceptors (Lipinski definition) is 6. The number of aromatic nitrogens is 3. The van der Waals surface area contributed by atoms with Gasteiger partial charge in [-0.1, -0.05) is 10.6 Å². The van der Waals surface area contributed by atoms with Gasteiger partial charge in [0, 0.05) is 34.1 Å². The van der Waals surface area contributed by atoms with Crippen molar-refractivity contribution in [1.82, 2.24) is 19.5 Å². The number of likely N-dealkylation sites (tertiary alicyclic amines) is 1. The zero-order chi connectivity index (χ0) is 22.1. The molecule has 1 saturated heterocycles. The molecule has 0 bridgehead atoms. The van der Waals surface area contributed by atoms with Gasteiger partial charge in [0.25, 0.3) is 0 Å². The van der Waals surface area contributed by atoms with Crippen LogP contribution in [0.1, 0.15) is 35.6 Å². The maximum Gasteiger partial charge on any atom is 0.161 e. The highest BCUT2D eigenvalue weighted by Crippen LogP contribution is 2.37. The van der Waals surface area contributed by atoms with Crippen LogP contribution >= 0.6 is 11.5 Å². The third-order valence-corrected chi connectivity index (χ3v) is 7.16. The second-order valence-corrected chi connectivity index (χ2v) is 9.06. The van der Waals surface area contributed by atoms with E-state index in [0.29, 0.717) is 5.92 Å². The molecular weight excluding hydrogens is 420 g/mol. The third kappa shape index (κ3) is 3.98. The molecule has 3 heterocycles. The lowest BCUT2D eigenvalue weighted by Crippen LogP contribution is -2.32. The van der Waals surface area contributed by atoms with E-state index in [1.165, 1.54) is 46.4 Å². The molecule has 0 radical (unpaired) electrons. The molecule has 0 aliphatic carbocycles. The largest absolute Gasteiger partial charge is 0.493 e. The first-order valence-electron chi connectivity index (χ1n) is 11.0. The van der Waals surface area contributed by atoms with Gasteiger partial charge < -0.3 is 14.5 Å². The Bertz CT molecular complexity index is 1210. The van der Waals surface area contributed by atoms with Crippen LogP contribution in [0, 0.1) is 6.92 Å². The molecule has 1 N–H and O–H groups in total. The molecule has 5 rings (SSSR count). The van der Waals surface area contributed by atoms with Crippen molar-refractivity contribution in [2.45, 2.75) is 32.2 Å². The fourth-order valence-electron chi connectivity index (χ4n) is 4.78. The molecular formula is C25H28N4O2S. The molecule has 0 amide bonds. The summed E-state index contributed by atoms with van der Waals surface area (Å²) in [6, 6.07) is 13.0. The SMILES string of the molecule is COc1ccc(-c2[nH]c3ccc(C4CCN(Cc5csnn5)CC4)cc3c2C)cc1OC. The van der Waals surface area contributed by atoms with E-state index in [4.69, 9.17) is 9.47 Å². The van der Waals surface area contributed by atoms with Crippen molar-refractivity contribution in [3.63, 3.8) is 0 Å². The van der Waals surface area contributed by atoms with Crippen molar-refractivity contribution in [2.75, 3.05) is 27.3 Å². The number of nitrogens with zero attached hydrogens (tertiary/aromatic N) is 3. The predicted octanol–water partition coefficient (Wildman–Crippen LogP) is 5.39. The number of benzene rings is 2. The van der Waals surface area contributed by atoms with E-state index < -0.39 is 0 Å². The quantitative estimate of drug-likeness (QED) is 0.428. The molecule has 0 unspecified atom stereocenters. The van der Waals surface area contributed by atoms with Gasteiger partial charge in [0.05, 0.1) is 19.9 Å². The van der Waals surface area contributed by atoms with Crippen molar-refractivity contribution in [3.8, 4) is 22.8 Å². The fourth-order valence-corrected chi connectivity index (χ4v) is 5.23. The second kappa shape index (κ2) is 8.92. The maximum atomic E-state index is 5.50. The van der Waals surface area contributed by atoms with Crippen LogP contribution in [0.3, 0.4) is 0 Å². The lowest BCUT2D eigenvalue weighted by molar-refractivity contribution is 0.202. The van der Waals surface area contributed by atoms with Gasteiger partial charge in [0.1, 0.15) is 0 Å². The van der Waals surface area contributed by atoms with Gasteiger partial charge in [-0.2, -0.15) is 0 Å². The fraction of sp³-hybridized carbons (Fsp3) is 0.360. The Morgan fingerprint density at radius 2 is 1.88 bits per heavy atom. The summed E-state index contributed by atoms with van der Waals surface area (Å²) < 4.78 is 14.9. The molecule has 0 saturated carbocycles. The smallest absolute Gasteiger partial charge is 0.161 e. The molecule has 0 atom stereocenters. The first-order chi connectivity index (χ1) is 15.7. The Morgan fingerprint density at radius 1 is 1.06 bits per heavy atom. The first kappa shape index (κ1) is 21.0. The number of hydrogen-bond donors (Lipinski definition) is 1. The minimum absolute atomic E-state index is 0.600. The van der Waals surface area contributed by atoms with E-state index in [9.17, 15) is 0 Å². The summed E-state index contributed by atoms with van der Waals surface area (Å²) in [5.74, 6) is 2.08. The maximum absolute atomic E-state index is 5.50. The molecule has 166 valence electrons. The van der Waals surface area contributed by atoms with Crippen molar-refractivity contribution < 1.29 is 9.47 Å². The van der Waals surface area contributed by atoms with Gasteiger partial charge >= 0.3 is 0 Å². The number of aromatic amines is 1. The second-order valence-electron chi connectivity index (χ2n) is 8.45. The predicted molar refractivity (Wildman–Crippen MR) is 129 cm³/mol. The van der Waals surface area contributed by atoms with Crippen LogP contribution < -0.4 is 9.47 Å². The number of nitrogens with one attached hydrogen (secondary N) is 1. The zero-order valence-electron chi connectivity index (χ0n) is 18.7. The highest BCUT2D eigenvalue weighted by molar-refractivity contribution is 7.03. The Kier molecular flexibility index (Phi) is 5.85. The molecule has 32 heavy (non-hydrogen) atoms. The molecule has 6 nitrogen and oxygen atoms in total. The number of H-pyrrole nitrogens is 1. The molecule has 1 aliphatic heterocycles. The van der Waals surface area contributed by atoms with Gasteiger partial charge in [-0.25, -0.2) is 0 Å². The number of ether oxygens (including phenoxy) is 2. The lowest BCUT2D eigenvalue weighted by Gasteiger charge is -2.31. The standard InChI is InChI=1S/C25H28N4O2S/c1-16-21-12-18(17-8-10-29(11-9-17)14-20-15-32-28-27-20)4-6-22(21)26-25(16)19-5-7-23(30-2)24(13-19)31-3/h4-7,12-13,15,17,26H,8-11,14H2,1-3H3.